The Bertz CT molecular complexity index is 369. The number of esters is 1. The summed E-state index contributed by atoms with van der Waals surface area (Å²) < 4.78 is 30.6. The van der Waals surface area contributed by atoms with Gasteiger partial charge in [-0.2, -0.15) is 0 Å². The largest absolute Gasteiger partial charge is 0.461 e. The summed E-state index contributed by atoms with van der Waals surface area (Å²) in [7, 11) is 1.71. The van der Waals surface area contributed by atoms with Crippen molar-refractivity contribution in [2.75, 3.05) is 13.6 Å². The molecule has 0 radical (unpaired) electrons. The van der Waals surface area contributed by atoms with Crippen LogP contribution in [0.2, 0.25) is 0 Å². The van der Waals surface area contributed by atoms with Crippen LogP contribution in [0.25, 0.3) is 0 Å². The Balaban J connectivity index is 2.47. The summed E-state index contributed by atoms with van der Waals surface area (Å²) >= 11 is 0. The van der Waals surface area contributed by atoms with E-state index in [1.165, 1.54) is 0 Å². The fourth-order valence-corrected chi connectivity index (χ4v) is 1.11. The molecule has 0 aliphatic heterocycles. The SMILES string of the molecule is CNCCC(=O)OCc1cc(F)ccc1F. The lowest BCUT2D eigenvalue weighted by atomic mass is 10.2. The van der Waals surface area contributed by atoms with Crippen molar-refractivity contribution in [2.45, 2.75) is 13.0 Å². The standard InChI is InChI=1S/C11H13F2NO2/c1-14-5-4-11(15)16-7-8-6-9(12)2-3-10(8)13/h2-3,6,14H,4-5,7H2,1H3. The summed E-state index contributed by atoms with van der Waals surface area (Å²) in [6, 6.07) is 3.04. The average Bonchev–Trinajstić information content (AvgIpc) is 2.27. The van der Waals surface area contributed by atoms with Gasteiger partial charge in [-0.05, 0) is 25.2 Å². The molecule has 0 atom stereocenters. The van der Waals surface area contributed by atoms with Crippen LogP contribution in [0.1, 0.15) is 12.0 Å². The first kappa shape index (κ1) is 12.6. The number of ether oxygens (including phenoxy) is 1. The zero-order valence-corrected chi connectivity index (χ0v) is 8.93. The van der Waals surface area contributed by atoms with Gasteiger partial charge in [0.25, 0.3) is 0 Å². The van der Waals surface area contributed by atoms with E-state index in [0.717, 1.165) is 18.2 Å². The minimum atomic E-state index is -0.581. The Morgan fingerprint density at radius 3 is 2.88 bits per heavy atom. The highest BCUT2D eigenvalue weighted by Crippen LogP contribution is 2.10. The van der Waals surface area contributed by atoms with Crippen LogP contribution in [-0.4, -0.2) is 19.6 Å². The lowest BCUT2D eigenvalue weighted by Gasteiger charge is -2.05. The van der Waals surface area contributed by atoms with Gasteiger partial charge in [0.2, 0.25) is 0 Å². The van der Waals surface area contributed by atoms with Crippen LogP contribution < -0.4 is 5.32 Å². The summed E-state index contributed by atoms with van der Waals surface area (Å²) in [4.78, 5) is 11.1. The number of benzene rings is 1. The maximum Gasteiger partial charge on any atom is 0.307 e. The third-order valence-corrected chi connectivity index (χ3v) is 1.98. The van der Waals surface area contributed by atoms with E-state index >= 15 is 0 Å². The molecule has 0 amide bonds. The second-order valence-electron chi connectivity index (χ2n) is 3.25. The fraction of sp³-hybridized carbons (Fsp3) is 0.364. The number of rotatable bonds is 5. The fourth-order valence-electron chi connectivity index (χ4n) is 1.11. The number of halogens is 2. The highest BCUT2D eigenvalue weighted by Gasteiger charge is 2.07. The molecular weight excluding hydrogens is 216 g/mol. The van der Waals surface area contributed by atoms with Gasteiger partial charge in [-0.15, -0.1) is 0 Å². The van der Waals surface area contributed by atoms with Gasteiger partial charge < -0.3 is 10.1 Å². The first-order valence-electron chi connectivity index (χ1n) is 4.87. The Hall–Kier alpha value is -1.49. The summed E-state index contributed by atoms with van der Waals surface area (Å²) in [5.41, 5.74) is 0.0396. The molecule has 0 bridgehead atoms. The molecule has 16 heavy (non-hydrogen) atoms. The second kappa shape index (κ2) is 6.17. The van der Waals surface area contributed by atoms with Gasteiger partial charge in [0.15, 0.2) is 0 Å². The van der Waals surface area contributed by atoms with Crippen LogP contribution in [0.5, 0.6) is 0 Å². The summed E-state index contributed by atoms with van der Waals surface area (Å²) in [6.07, 6.45) is 0.202. The lowest BCUT2D eigenvalue weighted by molar-refractivity contribution is -0.144. The monoisotopic (exact) mass is 229 g/mol. The smallest absolute Gasteiger partial charge is 0.307 e. The summed E-state index contributed by atoms with van der Waals surface area (Å²) in [5.74, 6) is -1.58. The lowest BCUT2D eigenvalue weighted by Crippen LogP contribution is -2.15. The van der Waals surface area contributed by atoms with E-state index in [0.29, 0.717) is 6.54 Å². The van der Waals surface area contributed by atoms with E-state index in [1.54, 1.807) is 7.05 Å². The van der Waals surface area contributed by atoms with Crippen molar-refractivity contribution in [1.29, 1.82) is 0 Å². The maximum absolute atomic E-state index is 13.1. The van der Waals surface area contributed by atoms with Crippen molar-refractivity contribution in [3.05, 3.63) is 35.4 Å². The summed E-state index contributed by atoms with van der Waals surface area (Å²) in [5, 5.41) is 2.78. The minimum Gasteiger partial charge on any atom is -0.461 e. The van der Waals surface area contributed by atoms with Gasteiger partial charge in [-0.1, -0.05) is 0 Å². The van der Waals surface area contributed by atoms with Crippen LogP contribution in [0.4, 0.5) is 8.78 Å². The number of carbonyl (C=O) groups is 1. The van der Waals surface area contributed by atoms with Crippen LogP contribution in [0.3, 0.4) is 0 Å². The average molecular weight is 229 g/mol. The van der Waals surface area contributed by atoms with Crippen molar-refractivity contribution in [2.24, 2.45) is 0 Å². The van der Waals surface area contributed by atoms with Crippen molar-refractivity contribution >= 4 is 5.97 Å². The molecule has 0 saturated heterocycles. The van der Waals surface area contributed by atoms with Crippen LogP contribution in [-0.2, 0) is 16.1 Å². The molecule has 0 spiro atoms. The Kier molecular flexibility index (Phi) is 4.85. The minimum absolute atomic E-state index is 0.0396. The molecule has 0 aromatic heterocycles. The number of carbonyl (C=O) groups excluding carboxylic acids is 1. The molecule has 0 fully saturated rings. The van der Waals surface area contributed by atoms with E-state index in [2.05, 4.69) is 5.32 Å². The van der Waals surface area contributed by atoms with Crippen molar-refractivity contribution in [3.63, 3.8) is 0 Å². The maximum atomic E-state index is 13.1. The molecule has 1 aromatic rings. The molecule has 1 aromatic carbocycles. The zero-order valence-electron chi connectivity index (χ0n) is 8.93. The van der Waals surface area contributed by atoms with Gasteiger partial charge >= 0.3 is 5.97 Å². The molecule has 0 heterocycles. The highest BCUT2D eigenvalue weighted by molar-refractivity contribution is 5.69. The number of hydrogen-bond acceptors (Lipinski definition) is 3. The van der Waals surface area contributed by atoms with Crippen LogP contribution >= 0.6 is 0 Å². The van der Waals surface area contributed by atoms with Crippen LogP contribution in [0.15, 0.2) is 18.2 Å². The molecule has 3 nitrogen and oxygen atoms in total. The van der Waals surface area contributed by atoms with Crippen LogP contribution in [0, 0.1) is 11.6 Å². The quantitative estimate of drug-likeness (QED) is 0.780. The molecule has 88 valence electrons. The topological polar surface area (TPSA) is 38.3 Å². The van der Waals surface area contributed by atoms with E-state index in [-0.39, 0.29) is 18.6 Å². The summed E-state index contributed by atoms with van der Waals surface area (Å²) in [6.45, 7) is 0.247. The molecule has 0 aliphatic carbocycles. The normalized spacial score (nSPS) is 10.2. The number of nitrogens with one attached hydrogen (secondary N) is 1. The first-order valence-corrected chi connectivity index (χ1v) is 4.87. The predicted molar refractivity (Wildman–Crippen MR) is 54.7 cm³/mol. The van der Waals surface area contributed by atoms with E-state index in [4.69, 9.17) is 4.74 Å². The van der Waals surface area contributed by atoms with E-state index < -0.39 is 17.6 Å². The molecule has 1 rings (SSSR count). The Morgan fingerprint density at radius 2 is 2.19 bits per heavy atom. The molecule has 1 N–H and O–H groups in total. The third kappa shape index (κ3) is 3.94. The van der Waals surface area contributed by atoms with E-state index in [9.17, 15) is 13.6 Å². The zero-order chi connectivity index (χ0) is 12.0. The number of hydrogen-bond donors (Lipinski definition) is 1. The molecule has 5 heteroatoms. The Morgan fingerprint density at radius 1 is 1.44 bits per heavy atom. The molecular formula is C11H13F2NO2. The van der Waals surface area contributed by atoms with Gasteiger partial charge in [-0.3, -0.25) is 4.79 Å². The highest BCUT2D eigenvalue weighted by atomic mass is 19.1. The van der Waals surface area contributed by atoms with E-state index in [1.807, 2.05) is 0 Å². The van der Waals surface area contributed by atoms with Gasteiger partial charge in [-0.25, -0.2) is 8.78 Å². The third-order valence-electron chi connectivity index (χ3n) is 1.98. The second-order valence-corrected chi connectivity index (χ2v) is 3.25. The molecule has 0 aliphatic rings. The van der Waals surface area contributed by atoms with Crippen molar-refractivity contribution < 1.29 is 18.3 Å². The van der Waals surface area contributed by atoms with Crippen molar-refractivity contribution in [1.82, 2.24) is 5.32 Å². The van der Waals surface area contributed by atoms with Gasteiger partial charge in [0.05, 0.1) is 6.42 Å². The van der Waals surface area contributed by atoms with Crippen molar-refractivity contribution in [3.8, 4) is 0 Å². The first-order chi connectivity index (χ1) is 7.63. The molecule has 0 unspecified atom stereocenters. The molecule has 0 saturated carbocycles. The predicted octanol–water partition coefficient (Wildman–Crippen LogP) is 1.62. The Labute approximate surface area is 92.4 Å². The van der Waals surface area contributed by atoms with Gasteiger partial charge in [0, 0.05) is 12.1 Å². The van der Waals surface area contributed by atoms with Gasteiger partial charge in [0.1, 0.15) is 18.2 Å².